The van der Waals surface area contributed by atoms with Crippen LogP contribution in [0.4, 0.5) is 46.9 Å². The number of thioether (sulfide) groups is 1. The van der Waals surface area contributed by atoms with Gasteiger partial charge in [0.2, 0.25) is 0 Å². The molecule has 6 rings (SSSR count). The smallest absolute Gasteiger partial charge is 0.325 e. The molecule has 1 aliphatic rings. The maximum Gasteiger partial charge on any atom is 0.446 e. The van der Waals surface area contributed by atoms with Crippen molar-refractivity contribution >= 4 is 52.7 Å². The van der Waals surface area contributed by atoms with Crippen molar-refractivity contribution in [1.82, 2.24) is 25.3 Å². The van der Waals surface area contributed by atoms with Crippen LogP contribution in [-0.2, 0) is 4.79 Å². The zero-order chi connectivity index (χ0) is 33.9. The molecular formula is C34H29F3N8O2S. The van der Waals surface area contributed by atoms with Crippen molar-refractivity contribution in [2.75, 3.05) is 15.5 Å². The molecular weight excluding hydrogens is 641 g/mol. The summed E-state index contributed by atoms with van der Waals surface area (Å²) < 4.78 is 38.9. The van der Waals surface area contributed by atoms with E-state index in [9.17, 15) is 22.8 Å². The normalized spacial score (nSPS) is 17.5. The Morgan fingerprint density at radius 2 is 1.21 bits per heavy atom. The third-order valence-corrected chi connectivity index (χ3v) is 8.92. The maximum atomic E-state index is 14.7. The molecule has 0 spiro atoms. The molecule has 2 atom stereocenters. The van der Waals surface area contributed by atoms with E-state index in [1.807, 2.05) is 26.0 Å². The van der Waals surface area contributed by atoms with Crippen LogP contribution in [0.5, 0.6) is 0 Å². The summed E-state index contributed by atoms with van der Waals surface area (Å²) in [5.41, 5.74) is -4.48. The Balaban J connectivity index is 1.39. The zero-order valence-corrected chi connectivity index (χ0v) is 26.5. The Bertz CT molecular complexity index is 1820. The predicted molar refractivity (Wildman–Crippen MR) is 177 cm³/mol. The first-order valence-electron chi connectivity index (χ1n) is 14.8. The van der Waals surface area contributed by atoms with Crippen molar-refractivity contribution in [2.45, 2.75) is 41.6 Å². The molecule has 0 bridgehead atoms. The highest BCUT2D eigenvalue weighted by Gasteiger charge is 2.58. The second kappa shape index (κ2) is 13.3. The number of anilines is 5. The summed E-state index contributed by atoms with van der Waals surface area (Å²) in [6.45, 7) is 3.69. The third-order valence-electron chi connectivity index (χ3n) is 8.18. The highest BCUT2D eigenvalue weighted by molar-refractivity contribution is 8.00. The minimum absolute atomic E-state index is 0.0688. The first-order chi connectivity index (χ1) is 23.0. The van der Waals surface area contributed by atoms with Crippen LogP contribution >= 0.6 is 11.8 Å². The number of carbonyl (C=O) groups is 2. The van der Waals surface area contributed by atoms with Crippen LogP contribution < -0.4 is 20.9 Å². The molecule has 5 aromatic rings. The molecule has 1 aromatic carbocycles. The van der Waals surface area contributed by atoms with Gasteiger partial charge in [0, 0.05) is 41.5 Å². The van der Waals surface area contributed by atoms with E-state index in [0.29, 0.717) is 34.4 Å². The maximum absolute atomic E-state index is 14.7. The third kappa shape index (κ3) is 6.79. The molecule has 244 valence electrons. The number of halogens is 3. The zero-order valence-electron chi connectivity index (χ0n) is 25.6. The fourth-order valence-electron chi connectivity index (χ4n) is 5.79. The second-order valence-electron chi connectivity index (χ2n) is 11.1. The van der Waals surface area contributed by atoms with Crippen molar-refractivity contribution in [3.05, 3.63) is 121 Å². The van der Waals surface area contributed by atoms with Gasteiger partial charge in [-0.2, -0.15) is 13.2 Å². The van der Waals surface area contributed by atoms with E-state index >= 15 is 0 Å². The molecule has 0 saturated carbocycles. The Hall–Kier alpha value is -5.50. The Kier molecular flexibility index (Phi) is 9.00. The van der Waals surface area contributed by atoms with Crippen LogP contribution in [0.15, 0.2) is 115 Å². The number of hydrogen-bond donors (Lipinski definition) is 3. The minimum atomic E-state index is -4.48. The SMILES string of the molecule is CC(c1ccnc(Nc2ccccn2)c1)C1(C(C)c2ccnc(Nc3ccccn3)c2)NC(=O)N(c2ccc(SC(F)(F)F)cc2)C1=O. The number of hydrogen-bond acceptors (Lipinski definition) is 9. The van der Waals surface area contributed by atoms with Gasteiger partial charge in [0.15, 0.2) is 0 Å². The summed E-state index contributed by atoms with van der Waals surface area (Å²) in [5, 5.41) is 9.32. The van der Waals surface area contributed by atoms with Gasteiger partial charge < -0.3 is 16.0 Å². The van der Waals surface area contributed by atoms with Crippen molar-refractivity contribution in [3.8, 4) is 0 Å². The number of urea groups is 1. The number of aromatic nitrogens is 4. The van der Waals surface area contributed by atoms with E-state index in [2.05, 4.69) is 35.9 Å². The molecule has 5 heterocycles. The molecule has 14 heteroatoms. The number of amides is 3. The molecule has 3 amide bonds. The summed E-state index contributed by atoms with van der Waals surface area (Å²) in [4.78, 5) is 46.8. The van der Waals surface area contributed by atoms with Gasteiger partial charge in [-0.3, -0.25) is 4.79 Å². The van der Waals surface area contributed by atoms with Crippen LogP contribution in [0.1, 0.15) is 36.8 Å². The van der Waals surface area contributed by atoms with Gasteiger partial charge in [-0.1, -0.05) is 26.0 Å². The molecule has 10 nitrogen and oxygen atoms in total. The van der Waals surface area contributed by atoms with Crippen LogP contribution in [0.2, 0.25) is 0 Å². The standard InChI is InChI=1S/C34H29F3N8O2S/c1-21(23-13-17-40-29(19-23)42-27-7-3-5-15-38-27)33(22(2)24-14-18-41-30(20-24)43-28-8-4-6-16-39-28)31(46)45(32(47)44-33)25-9-11-26(12-10-25)48-34(35,36)37/h3-22H,1-2H3,(H,44,47)(H,38,40,42)(H,39,41,43). The Morgan fingerprint density at radius 3 is 1.67 bits per heavy atom. The fourth-order valence-corrected chi connectivity index (χ4v) is 6.33. The van der Waals surface area contributed by atoms with Gasteiger partial charge in [0.25, 0.3) is 5.91 Å². The Labute approximate surface area is 278 Å². The number of pyridine rings is 4. The summed E-state index contributed by atoms with van der Waals surface area (Å²) >= 11 is -0.275. The lowest BCUT2D eigenvalue weighted by Crippen LogP contribution is -2.55. The molecule has 4 aromatic heterocycles. The van der Waals surface area contributed by atoms with E-state index < -0.39 is 34.8 Å². The Morgan fingerprint density at radius 1 is 0.708 bits per heavy atom. The van der Waals surface area contributed by atoms with Gasteiger partial charge in [0.1, 0.15) is 28.8 Å². The lowest BCUT2D eigenvalue weighted by molar-refractivity contribution is -0.123. The first-order valence-corrected chi connectivity index (χ1v) is 15.7. The lowest BCUT2D eigenvalue weighted by atomic mass is 9.70. The van der Waals surface area contributed by atoms with Crippen LogP contribution in [0.25, 0.3) is 0 Å². The van der Waals surface area contributed by atoms with Gasteiger partial charge >= 0.3 is 11.5 Å². The number of alkyl halides is 3. The van der Waals surface area contributed by atoms with E-state index in [-0.39, 0.29) is 22.3 Å². The van der Waals surface area contributed by atoms with Crippen LogP contribution in [-0.4, -0.2) is 42.9 Å². The summed E-state index contributed by atoms with van der Waals surface area (Å²) in [7, 11) is 0. The molecule has 0 aliphatic carbocycles. The van der Waals surface area contributed by atoms with E-state index in [0.717, 1.165) is 4.90 Å². The van der Waals surface area contributed by atoms with Crippen molar-refractivity contribution < 1.29 is 22.8 Å². The molecule has 2 unspecified atom stereocenters. The van der Waals surface area contributed by atoms with Crippen LogP contribution in [0.3, 0.4) is 0 Å². The molecule has 0 radical (unpaired) electrons. The minimum Gasteiger partial charge on any atom is -0.325 e. The largest absolute Gasteiger partial charge is 0.446 e. The van der Waals surface area contributed by atoms with Crippen molar-refractivity contribution in [3.63, 3.8) is 0 Å². The predicted octanol–water partition coefficient (Wildman–Crippen LogP) is 7.77. The topological polar surface area (TPSA) is 125 Å². The number of imide groups is 1. The average molecular weight is 671 g/mol. The van der Waals surface area contributed by atoms with Crippen molar-refractivity contribution in [2.24, 2.45) is 0 Å². The van der Waals surface area contributed by atoms with Gasteiger partial charge in [-0.15, -0.1) is 0 Å². The second-order valence-corrected chi connectivity index (χ2v) is 12.2. The van der Waals surface area contributed by atoms with E-state index in [4.69, 9.17) is 0 Å². The van der Waals surface area contributed by atoms with Crippen LogP contribution in [0, 0.1) is 0 Å². The van der Waals surface area contributed by atoms with Crippen molar-refractivity contribution in [1.29, 1.82) is 0 Å². The van der Waals surface area contributed by atoms with Gasteiger partial charge in [0.05, 0.1) is 5.69 Å². The number of carbonyl (C=O) groups excluding carboxylic acids is 2. The number of benzene rings is 1. The monoisotopic (exact) mass is 670 g/mol. The van der Waals surface area contributed by atoms with Gasteiger partial charge in [-0.25, -0.2) is 29.6 Å². The highest BCUT2D eigenvalue weighted by atomic mass is 32.2. The number of nitrogens with zero attached hydrogens (tertiary/aromatic N) is 5. The quantitative estimate of drug-likeness (QED) is 0.101. The molecule has 3 N–H and O–H groups in total. The van der Waals surface area contributed by atoms with E-state index in [1.165, 1.54) is 24.3 Å². The lowest BCUT2D eigenvalue weighted by Gasteiger charge is -2.39. The summed E-state index contributed by atoms with van der Waals surface area (Å²) in [5.74, 6) is 0.312. The average Bonchev–Trinajstić information content (AvgIpc) is 3.35. The molecule has 1 saturated heterocycles. The first kappa shape index (κ1) is 32.4. The highest BCUT2D eigenvalue weighted by Crippen LogP contribution is 2.46. The number of rotatable bonds is 10. The summed E-state index contributed by atoms with van der Waals surface area (Å²) in [6.07, 6.45) is 6.50. The van der Waals surface area contributed by atoms with Gasteiger partial charge in [-0.05, 0) is 95.7 Å². The molecule has 1 aliphatic heterocycles. The number of nitrogens with one attached hydrogen (secondary N) is 3. The summed E-state index contributed by atoms with van der Waals surface area (Å²) in [6, 6.07) is 22.4. The molecule has 1 fully saturated rings. The molecule has 48 heavy (non-hydrogen) atoms. The fraction of sp³-hybridized carbons (Fsp3) is 0.176. The van der Waals surface area contributed by atoms with E-state index in [1.54, 1.807) is 73.3 Å².